The van der Waals surface area contributed by atoms with Crippen LogP contribution in [0.15, 0.2) is 27.6 Å². The Morgan fingerprint density at radius 2 is 2.05 bits per heavy atom. The van der Waals surface area contributed by atoms with Crippen LogP contribution in [0.4, 0.5) is 0 Å². The standard InChI is InChI=1S/C12H13ClN2O4S/c1-7(2)12-14-11(15-19-12)8-4-5-9(18-3)10(6-8)20(13,16)17/h4-7H,1-3H3. The van der Waals surface area contributed by atoms with Crippen molar-refractivity contribution in [2.24, 2.45) is 0 Å². The average Bonchev–Trinajstić information content (AvgIpc) is 2.86. The van der Waals surface area contributed by atoms with Gasteiger partial charge in [-0.05, 0) is 18.2 Å². The van der Waals surface area contributed by atoms with Crippen molar-refractivity contribution in [1.82, 2.24) is 10.1 Å². The van der Waals surface area contributed by atoms with Gasteiger partial charge in [0.1, 0.15) is 10.6 Å². The predicted molar refractivity (Wildman–Crippen MR) is 73.4 cm³/mol. The fourth-order valence-electron chi connectivity index (χ4n) is 1.59. The summed E-state index contributed by atoms with van der Waals surface area (Å²) in [5.74, 6) is 1.03. The molecule has 0 unspecified atom stereocenters. The van der Waals surface area contributed by atoms with Crippen LogP contribution in [0.5, 0.6) is 5.75 Å². The number of methoxy groups -OCH3 is 1. The number of hydrogen-bond donors (Lipinski definition) is 0. The SMILES string of the molecule is COc1ccc(-c2noc(C(C)C)n2)cc1S(=O)(=O)Cl. The van der Waals surface area contributed by atoms with Crippen molar-refractivity contribution in [2.45, 2.75) is 24.7 Å². The third-order valence-corrected chi connectivity index (χ3v) is 3.96. The van der Waals surface area contributed by atoms with Gasteiger partial charge in [-0.1, -0.05) is 19.0 Å². The van der Waals surface area contributed by atoms with Gasteiger partial charge in [-0.15, -0.1) is 0 Å². The minimum Gasteiger partial charge on any atom is -0.495 e. The van der Waals surface area contributed by atoms with Crippen LogP contribution in [0, 0.1) is 0 Å². The smallest absolute Gasteiger partial charge is 0.265 e. The first-order valence-electron chi connectivity index (χ1n) is 5.79. The molecular formula is C12H13ClN2O4S. The highest BCUT2D eigenvalue weighted by Gasteiger charge is 2.19. The number of hydrogen-bond acceptors (Lipinski definition) is 6. The molecule has 0 aliphatic heterocycles. The summed E-state index contributed by atoms with van der Waals surface area (Å²) >= 11 is 0. The fourth-order valence-corrected chi connectivity index (χ4v) is 2.61. The summed E-state index contributed by atoms with van der Waals surface area (Å²) in [7, 11) is 2.83. The van der Waals surface area contributed by atoms with Gasteiger partial charge >= 0.3 is 0 Å². The monoisotopic (exact) mass is 316 g/mol. The summed E-state index contributed by atoms with van der Waals surface area (Å²) in [6.07, 6.45) is 0. The summed E-state index contributed by atoms with van der Waals surface area (Å²) in [6.45, 7) is 3.83. The van der Waals surface area contributed by atoms with Gasteiger partial charge in [0.15, 0.2) is 0 Å². The lowest BCUT2D eigenvalue weighted by Crippen LogP contribution is -1.97. The minimum atomic E-state index is -3.92. The van der Waals surface area contributed by atoms with Crippen LogP contribution < -0.4 is 4.74 Å². The zero-order valence-corrected chi connectivity index (χ0v) is 12.7. The van der Waals surface area contributed by atoms with Crippen LogP contribution in [-0.2, 0) is 9.05 Å². The van der Waals surface area contributed by atoms with Crippen molar-refractivity contribution in [3.63, 3.8) is 0 Å². The number of rotatable bonds is 4. The van der Waals surface area contributed by atoms with Crippen LogP contribution in [0.2, 0.25) is 0 Å². The third kappa shape index (κ3) is 2.94. The van der Waals surface area contributed by atoms with E-state index in [4.69, 9.17) is 19.9 Å². The van der Waals surface area contributed by atoms with E-state index >= 15 is 0 Å². The van der Waals surface area contributed by atoms with Crippen LogP contribution in [0.1, 0.15) is 25.7 Å². The molecule has 0 saturated heterocycles. The first-order chi connectivity index (χ1) is 9.32. The van der Waals surface area contributed by atoms with Crippen LogP contribution in [0.25, 0.3) is 11.4 Å². The normalized spacial score (nSPS) is 11.8. The number of nitrogens with zero attached hydrogens (tertiary/aromatic N) is 2. The lowest BCUT2D eigenvalue weighted by molar-refractivity contribution is 0.365. The molecule has 0 amide bonds. The van der Waals surface area contributed by atoms with Crippen molar-refractivity contribution in [1.29, 1.82) is 0 Å². The molecular weight excluding hydrogens is 304 g/mol. The lowest BCUT2D eigenvalue weighted by Gasteiger charge is -2.06. The van der Waals surface area contributed by atoms with Gasteiger partial charge in [0.2, 0.25) is 11.7 Å². The first kappa shape index (κ1) is 14.8. The molecule has 1 aromatic carbocycles. The topological polar surface area (TPSA) is 82.3 Å². The molecule has 0 saturated carbocycles. The highest BCUT2D eigenvalue weighted by molar-refractivity contribution is 8.13. The summed E-state index contributed by atoms with van der Waals surface area (Å²) in [6, 6.07) is 4.49. The number of aromatic nitrogens is 2. The van der Waals surface area contributed by atoms with E-state index in [0.29, 0.717) is 17.3 Å². The van der Waals surface area contributed by atoms with E-state index in [1.165, 1.54) is 19.2 Å². The van der Waals surface area contributed by atoms with Gasteiger partial charge in [0.05, 0.1) is 7.11 Å². The van der Waals surface area contributed by atoms with E-state index in [9.17, 15) is 8.42 Å². The Bertz CT molecular complexity index is 725. The number of ether oxygens (including phenoxy) is 1. The molecule has 6 nitrogen and oxygen atoms in total. The van der Waals surface area contributed by atoms with Gasteiger partial charge < -0.3 is 9.26 Å². The van der Waals surface area contributed by atoms with E-state index in [0.717, 1.165) is 0 Å². The Morgan fingerprint density at radius 3 is 2.55 bits per heavy atom. The van der Waals surface area contributed by atoms with Crippen molar-refractivity contribution in [3.8, 4) is 17.1 Å². The highest BCUT2D eigenvalue weighted by atomic mass is 35.7. The predicted octanol–water partition coefficient (Wildman–Crippen LogP) is 2.80. The summed E-state index contributed by atoms with van der Waals surface area (Å²) in [4.78, 5) is 4.07. The first-order valence-corrected chi connectivity index (χ1v) is 8.10. The Morgan fingerprint density at radius 1 is 1.35 bits per heavy atom. The molecule has 0 aliphatic carbocycles. The van der Waals surface area contributed by atoms with Gasteiger partial charge in [0, 0.05) is 22.2 Å². The fraction of sp³-hybridized carbons (Fsp3) is 0.333. The molecule has 1 aromatic heterocycles. The van der Waals surface area contributed by atoms with Crippen LogP contribution in [-0.4, -0.2) is 25.7 Å². The van der Waals surface area contributed by atoms with Crippen molar-refractivity contribution in [3.05, 3.63) is 24.1 Å². The molecule has 1 heterocycles. The Labute approximate surface area is 121 Å². The maximum atomic E-state index is 11.5. The van der Waals surface area contributed by atoms with Gasteiger partial charge in [-0.25, -0.2) is 8.42 Å². The lowest BCUT2D eigenvalue weighted by atomic mass is 10.2. The van der Waals surface area contributed by atoms with E-state index in [2.05, 4.69) is 10.1 Å². The molecule has 108 valence electrons. The van der Waals surface area contributed by atoms with Crippen LogP contribution >= 0.6 is 10.7 Å². The molecule has 0 atom stereocenters. The molecule has 20 heavy (non-hydrogen) atoms. The Hall–Kier alpha value is -1.60. The van der Waals surface area contributed by atoms with Gasteiger partial charge in [0.25, 0.3) is 9.05 Å². The number of halogens is 1. The Balaban J connectivity index is 2.53. The average molecular weight is 317 g/mol. The maximum Gasteiger partial charge on any atom is 0.265 e. The molecule has 0 fully saturated rings. The molecule has 0 bridgehead atoms. The Kier molecular flexibility index (Phi) is 4.01. The van der Waals surface area contributed by atoms with E-state index < -0.39 is 9.05 Å². The molecule has 8 heteroatoms. The minimum absolute atomic E-state index is 0.0886. The zero-order valence-electron chi connectivity index (χ0n) is 11.1. The van der Waals surface area contributed by atoms with Crippen LogP contribution in [0.3, 0.4) is 0 Å². The molecule has 0 aliphatic rings. The third-order valence-electron chi connectivity index (χ3n) is 2.62. The molecule has 0 radical (unpaired) electrons. The second-order valence-corrected chi connectivity index (χ2v) is 6.95. The van der Waals surface area contributed by atoms with Crippen molar-refractivity contribution < 1.29 is 17.7 Å². The van der Waals surface area contributed by atoms with E-state index in [1.54, 1.807) is 6.07 Å². The summed E-state index contributed by atoms with van der Waals surface area (Å²) < 4.78 is 33.1. The molecule has 2 aromatic rings. The highest BCUT2D eigenvalue weighted by Crippen LogP contribution is 2.31. The zero-order chi connectivity index (χ0) is 14.9. The molecule has 0 N–H and O–H groups in total. The van der Waals surface area contributed by atoms with E-state index in [1.807, 2.05) is 13.8 Å². The summed E-state index contributed by atoms with van der Waals surface area (Å²) in [5.41, 5.74) is 0.487. The van der Waals surface area contributed by atoms with Crippen molar-refractivity contribution in [2.75, 3.05) is 7.11 Å². The van der Waals surface area contributed by atoms with Gasteiger partial charge in [-0.2, -0.15) is 4.98 Å². The molecule has 0 spiro atoms. The largest absolute Gasteiger partial charge is 0.495 e. The second kappa shape index (κ2) is 5.41. The summed E-state index contributed by atoms with van der Waals surface area (Å²) in [5, 5.41) is 3.82. The van der Waals surface area contributed by atoms with Gasteiger partial charge in [-0.3, -0.25) is 0 Å². The van der Waals surface area contributed by atoms with E-state index in [-0.39, 0.29) is 16.6 Å². The van der Waals surface area contributed by atoms with Crippen molar-refractivity contribution >= 4 is 19.7 Å². The second-order valence-electron chi connectivity index (χ2n) is 4.41. The maximum absolute atomic E-state index is 11.5. The molecule has 2 rings (SSSR count). The number of benzene rings is 1. The quantitative estimate of drug-likeness (QED) is 0.807.